The number of rotatable bonds is 6. The number of carbonyl (C=O) groups is 1. The molecule has 0 bridgehead atoms. The smallest absolute Gasteiger partial charge is 0.291 e. The number of amides is 1. The van der Waals surface area contributed by atoms with Crippen LogP contribution in [0, 0.1) is 0 Å². The largest absolute Gasteiger partial charge is 0.497 e. The predicted molar refractivity (Wildman–Crippen MR) is 111 cm³/mol. The Bertz CT molecular complexity index is 1160. The standard InChI is InChI=1S/C23H20N2O4/c1-27-16-8-10-21(28-2)15(13-16)14-17-9-11-22(29-17)23(26)25-20-7-3-6-19-18(20)5-4-12-24-19/h3-13H,14H2,1-2H3,(H,25,26). The second kappa shape index (κ2) is 8.06. The summed E-state index contributed by atoms with van der Waals surface area (Å²) < 4.78 is 16.5. The zero-order valence-corrected chi connectivity index (χ0v) is 16.1. The van der Waals surface area contributed by atoms with E-state index in [0.717, 1.165) is 28.0 Å². The fraction of sp³-hybridized carbons (Fsp3) is 0.130. The molecule has 0 unspecified atom stereocenters. The first kappa shape index (κ1) is 18.6. The van der Waals surface area contributed by atoms with Crippen LogP contribution in [0.2, 0.25) is 0 Å². The number of hydrogen-bond acceptors (Lipinski definition) is 5. The van der Waals surface area contributed by atoms with E-state index >= 15 is 0 Å². The van der Waals surface area contributed by atoms with E-state index < -0.39 is 0 Å². The van der Waals surface area contributed by atoms with E-state index in [1.165, 1.54) is 0 Å². The second-order valence-electron chi connectivity index (χ2n) is 6.45. The van der Waals surface area contributed by atoms with Crippen molar-refractivity contribution in [2.45, 2.75) is 6.42 Å². The van der Waals surface area contributed by atoms with E-state index in [-0.39, 0.29) is 11.7 Å². The van der Waals surface area contributed by atoms with Gasteiger partial charge in [-0.05, 0) is 54.6 Å². The van der Waals surface area contributed by atoms with Crippen LogP contribution in [-0.4, -0.2) is 25.1 Å². The zero-order chi connectivity index (χ0) is 20.2. The zero-order valence-electron chi connectivity index (χ0n) is 16.1. The Morgan fingerprint density at radius 2 is 1.93 bits per heavy atom. The number of nitrogens with zero attached hydrogens (tertiary/aromatic N) is 1. The summed E-state index contributed by atoms with van der Waals surface area (Å²) in [5.41, 5.74) is 2.41. The van der Waals surface area contributed by atoms with E-state index in [4.69, 9.17) is 13.9 Å². The van der Waals surface area contributed by atoms with E-state index in [1.807, 2.05) is 48.5 Å². The Kier molecular flexibility index (Phi) is 5.16. The molecule has 146 valence electrons. The number of hydrogen-bond donors (Lipinski definition) is 1. The molecule has 4 rings (SSSR count). The molecular weight excluding hydrogens is 368 g/mol. The van der Waals surface area contributed by atoms with Crippen molar-refractivity contribution in [3.63, 3.8) is 0 Å². The number of fused-ring (bicyclic) bond motifs is 1. The van der Waals surface area contributed by atoms with Gasteiger partial charge in [-0.25, -0.2) is 0 Å². The molecule has 4 aromatic rings. The lowest BCUT2D eigenvalue weighted by atomic mass is 10.1. The van der Waals surface area contributed by atoms with Crippen molar-refractivity contribution in [3.8, 4) is 11.5 Å². The molecule has 0 atom stereocenters. The molecule has 1 amide bonds. The Morgan fingerprint density at radius 3 is 2.76 bits per heavy atom. The van der Waals surface area contributed by atoms with Gasteiger partial charge in [0, 0.05) is 23.6 Å². The summed E-state index contributed by atoms with van der Waals surface area (Å²) in [5.74, 6) is 2.04. The molecule has 29 heavy (non-hydrogen) atoms. The fourth-order valence-corrected chi connectivity index (χ4v) is 3.20. The third-order valence-corrected chi connectivity index (χ3v) is 4.63. The number of carbonyl (C=O) groups excluding carboxylic acids is 1. The topological polar surface area (TPSA) is 73.6 Å². The second-order valence-corrected chi connectivity index (χ2v) is 6.45. The van der Waals surface area contributed by atoms with Crippen molar-refractivity contribution in [1.82, 2.24) is 4.98 Å². The summed E-state index contributed by atoms with van der Waals surface area (Å²) in [7, 11) is 3.23. The third-order valence-electron chi connectivity index (χ3n) is 4.63. The van der Waals surface area contributed by atoms with Crippen molar-refractivity contribution in [1.29, 1.82) is 0 Å². The van der Waals surface area contributed by atoms with E-state index in [0.29, 0.717) is 17.9 Å². The molecule has 0 fully saturated rings. The highest BCUT2D eigenvalue weighted by Crippen LogP contribution is 2.27. The van der Waals surface area contributed by atoms with Crippen LogP contribution in [0.5, 0.6) is 11.5 Å². The van der Waals surface area contributed by atoms with Gasteiger partial charge in [0.2, 0.25) is 0 Å². The summed E-state index contributed by atoms with van der Waals surface area (Å²) in [6, 6.07) is 18.4. The highest BCUT2D eigenvalue weighted by Gasteiger charge is 2.15. The van der Waals surface area contributed by atoms with E-state index in [1.54, 1.807) is 32.5 Å². The quantitative estimate of drug-likeness (QED) is 0.519. The van der Waals surface area contributed by atoms with Gasteiger partial charge in [0.1, 0.15) is 17.3 Å². The molecule has 2 aromatic carbocycles. The normalized spacial score (nSPS) is 10.7. The van der Waals surface area contributed by atoms with Gasteiger partial charge in [0.25, 0.3) is 5.91 Å². The van der Waals surface area contributed by atoms with Gasteiger partial charge in [-0.3, -0.25) is 9.78 Å². The van der Waals surface area contributed by atoms with Gasteiger partial charge in [0.15, 0.2) is 5.76 Å². The van der Waals surface area contributed by atoms with E-state index in [9.17, 15) is 4.79 Å². The summed E-state index contributed by atoms with van der Waals surface area (Å²) >= 11 is 0. The monoisotopic (exact) mass is 388 g/mol. The van der Waals surface area contributed by atoms with Gasteiger partial charge in [-0.1, -0.05) is 6.07 Å². The lowest BCUT2D eigenvalue weighted by Crippen LogP contribution is -2.11. The molecule has 0 aliphatic carbocycles. The van der Waals surface area contributed by atoms with Crippen molar-refractivity contribution in [3.05, 3.63) is 83.9 Å². The minimum atomic E-state index is -0.315. The van der Waals surface area contributed by atoms with Crippen LogP contribution in [0.4, 0.5) is 5.69 Å². The molecule has 0 saturated heterocycles. The number of benzene rings is 2. The van der Waals surface area contributed by atoms with Crippen LogP contribution in [0.3, 0.4) is 0 Å². The number of ether oxygens (including phenoxy) is 2. The van der Waals surface area contributed by atoms with Gasteiger partial charge in [-0.15, -0.1) is 0 Å². The van der Waals surface area contributed by atoms with Crippen LogP contribution in [0.15, 0.2) is 71.3 Å². The van der Waals surface area contributed by atoms with Crippen LogP contribution in [0.1, 0.15) is 21.9 Å². The molecule has 0 aliphatic rings. The van der Waals surface area contributed by atoms with Crippen LogP contribution >= 0.6 is 0 Å². The molecule has 0 saturated carbocycles. The molecule has 0 spiro atoms. The summed E-state index contributed by atoms with van der Waals surface area (Å²) in [5, 5.41) is 3.77. The van der Waals surface area contributed by atoms with Gasteiger partial charge < -0.3 is 19.2 Å². The number of nitrogens with one attached hydrogen (secondary N) is 1. The SMILES string of the molecule is COc1ccc(OC)c(Cc2ccc(C(=O)Nc3cccc4ncccc34)o2)c1. The third kappa shape index (κ3) is 3.91. The number of pyridine rings is 1. The number of furan rings is 1. The van der Waals surface area contributed by atoms with Crippen LogP contribution in [0.25, 0.3) is 10.9 Å². The number of anilines is 1. The maximum Gasteiger partial charge on any atom is 0.291 e. The Labute approximate surface area is 168 Å². The lowest BCUT2D eigenvalue weighted by molar-refractivity contribution is 0.0995. The molecule has 6 heteroatoms. The van der Waals surface area contributed by atoms with E-state index in [2.05, 4.69) is 10.3 Å². The van der Waals surface area contributed by atoms with Crippen molar-refractivity contribution < 1.29 is 18.7 Å². The van der Waals surface area contributed by atoms with Gasteiger partial charge >= 0.3 is 0 Å². The average molecular weight is 388 g/mol. The van der Waals surface area contributed by atoms with Crippen LogP contribution in [-0.2, 0) is 6.42 Å². The Balaban J connectivity index is 1.54. The summed E-state index contributed by atoms with van der Waals surface area (Å²) in [4.78, 5) is 17.0. The first-order valence-corrected chi connectivity index (χ1v) is 9.12. The summed E-state index contributed by atoms with van der Waals surface area (Å²) in [6.45, 7) is 0. The molecule has 2 heterocycles. The van der Waals surface area contributed by atoms with Crippen molar-refractivity contribution in [2.24, 2.45) is 0 Å². The fourth-order valence-electron chi connectivity index (χ4n) is 3.20. The predicted octanol–water partition coefficient (Wildman–Crippen LogP) is 4.69. The minimum Gasteiger partial charge on any atom is -0.497 e. The number of aromatic nitrogens is 1. The van der Waals surface area contributed by atoms with Gasteiger partial charge in [0.05, 0.1) is 25.4 Å². The number of methoxy groups -OCH3 is 2. The minimum absolute atomic E-state index is 0.239. The molecule has 1 N–H and O–H groups in total. The van der Waals surface area contributed by atoms with Crippen molar-refractivity contribution in [2.75, 3.05) is 19.5 Å². The molecule has 0 radical (unpaired) electrons. The highest BCUT2D eigenvalue weighted by molar-refractivity contribution is 6.07. The highest BCUT2D eigenvalue weighted by atomic mass is 16.5. The maximum absolute atomic E-state index is 12.7. The first-order valence-electron chi connectivity index (χ1n) is 9.12. The molecular formula is C23H20N2O4. The van der Waals surface area contributed by atoms with Crippen molar-refractivity contribution >= 4 is 22.5 Å². The first-order chi connectivity index (χ1) is 14.2. The maximum atomic E-state index is 12.7. The lowest BCUT2D eigenvalue weighted by Gasteiger charge is -2.09. The Morgan fingerprint density at radius 1 is 1.03 bits per heavy atom. The molecule has 2 aromatic heterocycles. The average Bonchev–Trinajstić information content (AvgIpc) is 3.22. The molecule has 6 nitrogen and oxygen atoms in total. The van der Waals surface area contributed by atoms with Gasteiger partial charge in [-0.2, -0.15) is 0 Å². The Hall–Kier alpha value is -3.80. The molecule has 0 aliphatic heterocycles. The summed E-state index contributed by atoms with van der Waals surface area (Å²) in [6.07, 6.45) is 2.20. The van der Waals surface area contributed by atoms with Crippen LogP contribution < -0.4 is 14.8 Å².